The Morgan fingerprint density at radius 1 is 0.727 bits per heavy atom. The van der Waals surface area contributed by atoms with Crippen LogP contribution in [0.3, 0.4) is 0 Å². The average molecular weight is 314 g/mol. The SMILES string of the molecule is COC(=O)CCCCN1CCN(CCCCC(=O)OC)CC1. The summed E-state index contributed by atoms with van der Waals surface area (Å²) < 4.78 is 9.27. The molecule has 6 nitrogen and oxygen atoms in total. The van der Waals surface area contributed by atoms with Crippen molar-refractivity contribution in [3.05, 3.63) is 0 Å². The van der Waals surface area contributed by atoms with Gasteiger partial charge < -0.3 is 19.3 Å². The number of methoxy groups -OCH3 is 2. The maximum absolute atomic E-state index is 11.0. The van der Waals surface area contributed by atoms with Gasteiger partial charge in [0.25, 0.3) is 0 Å². The molecule has 0 spiro atoms. The number of ether oxygens (including phenoxy) is 2. The van der Waals surface area contributed by atoms with Crippen LogP contribution in [0.2, 0.25) is 0 Å². The topological polar surface area (TPSA) is 59.1 Å². The summed E-state index contributed by atoms with van der Waals surface area (Å²) in [6.45, 7) is 6.50. The van der Waals surface area contributed by atoms with Crippen molar-refractivity contribution in [2.75, 3.05) is 53.5 Å². The maximum Gasteiger partial charge on any atom is 0.305 e. The molecule has 0 atom stereocenters. The first-order valence-electron chi connectivity index (χ1n) is 8.24. The minimum Gasteiger partial charge on any atom is -0.469 e. The standard InChI is InChI=1S/C16H30N2O4/c1-21-15(19)7-3-5-9-17-11-13-18(14-12-17)10-6-4-8-16(20)22-2/h3-14H2,1-2H3. The number of piperazine rings is 1. The molecule has 1 fully saturated rings. The van der Waals surface area contributed by atoms with Crippen LogP contribution in [0.1, 0.15) is 38.5 Å². The van der Waals surface area contributed by atoms with Gasteiger partial charge in [0.1, 0.15) is 0 Å². The van der Waals surface area contributed by atoms with Crippen LogP contribution in [0.25, 0.3) is 0 Å². The number of hydrogen-bond acceptors (Lipinski definition) is 6. The Hall–Kier alpha value is -1.14. The molecule has 1 aliphatic heterocycles. The van der Waals surface area contributed by atoms with Gasteiger partial charge in [-0.1, -0.05) is 0 Å². The van der Waals surface area contributed by atoms with E-state index in [1.54, 1.807) is 0 Å². The highest BCUT2D eigenvalue weighted by atomic mass is 16.5. The first-order valence-corrected chi connectivity index (χ1v) is 8.24. The van der Waals surface area contributed by atoms with E-state index in [0.717, 1.165) is 65.0 Å². The molecular weight excluding hydrogens is 284 g/mol. The van der Waals surface area contributed by atoms with Crippen LogP contribution in [-0.2, 0) is 19.1 Å². The van der Waals surface area contributed by atoms with Crippen molar-refractivity contribution in [1.29, 1.82) is 0 Å². The quantitative estimate of drug-likeness (QED) is 0.447. The van der Waals surface area contributed by atoms with Gasteiger partial charge >= 0.3 is 11.9 Å². The lowest BCUT2D eigenvalue weighted by molar-refractivity contribution is -0.141. The lowest BCUT2D eigenvalue weighted by atomic mass is 10.2. The Bertz CT molecular complexity index is 296. The van der Waals surface area contributed by atoms with Crippen molar-refractivity contribution < 1.29 is 19.1 Å². The maximum atomic E-state index is 11.0. The van der Waals surface area contributed by atoms with Gasteiger partial charge in [-0.15, -0.1) is 0 Å². The molecule has 0 N–H and O–H groups in total. The zero-order valence-corrected chi connectivity index (χ0v) is 14.0. The van der Waals surface area contributed by atoms with E-state index >= 15 is 0 Å². The largest absolute Gasteiger partial charge is 0.469 e. The number of carbonyl (C=O) groups excluding carboxylic acids is 2. The molecule has 0 bridgehead atoms. The monoisotopic (exact) mass is 314 g/mol. The van der Waals surface area contributed by atoms with Crippen LogP contribution in [0.5, 0.6) is 0 Å². The normalized spacial score (nSPS) is 16.5. The Morgan fingerprint density at radius 3 is 1.41 bits per heavy atom. The number of carbonyl (C=O) groups is 2. The van der Waals surface area contributed by atoms with Crippen LogP contribution in [0, 0.1) is 0 Å². The van der Waals surface area contributed by atoms with Gasteiger partial charge in [0, 0.05) is 39.0 Å². The minimum absolute atomic E-state index is 0.114. The molecule has 0 radical (unpaired) electrons. The van der Waals surface area contributed by atoms with Crippen molar-refractivity contribution in [3.63, 3.8) is 0 Å². The average Bonchev–Trinajstić information content (AvgIpc) is 2.56. The second-order valence-electron chi connectivity index (χ2n) is 5.75. The number of esters is 2. The van der Waals surface area contributed by atoms with Crippen LogP contribution in [0.15, 0.2) is 0 Å². The molecule has 1 rings (SSSR count). The lowest BCUT2D eigenvalue weighted by Crippen LogP contribution is -2.46. The third kappa shape index (κ3) is 8.34. The molecule has 1 heterocycles. The van der Waals surface area contributed by atoms with Crippen LogP contribution < -0.4 is 0 Å². The van der Waals surface area contributed by atoms with E-state index in [2.05, 4.69) is 19.3 Å². The van der Waals surface area contributed by atoms with Crippen molar-refractivity contribution >= 4 is 11.9 Å². The summed E-state index contributed by atoms with van der Waals surface area (Å²) in [5.74, 6) is -0.228. The number of unbranched alkanes of at least 4 members (excludes halogenated alkanes) is 2. The second-order valence-corrected chi connectivity index (χ2v) is 5.75. The molecule has 0 unspecified atom stereocenters. The Labute approximate surface area is 133 Å². The van der Waals surface area contributed by atoms with E-state index in [-0.39, 0.29) is 11.9 Å². The van der Waals surface area contributed by atoms with Gasteiger partial charge in [0.2, 0.25) is 0 Å². The second kappa shape index (κ2) is 11.4. The first-order chi connectivity index (χ1) is 10.7. The first kappa shape index (κ1) is 18.9. The minimum atomic E-state index is -0.114. The summed E-state index contributed by atoms with van der Waals surface area (Å²) in [6, 6.07) is 0. The van der Waals surface area contributed by atoms with Crippen molar-refractivity contribution in [3.8, 4) is 0 Å². The third-order valence-corrected chi connectivity index (χ3v) is 4.13. The molecule has 0 aromatic carbocycles. The summed E-state index contributed by atoms with van der Waals surface area (Å²) in [7, 11) is 2.87. The van der Waals surface area contributed by atoms with Crippen LogP contribution in [-0.4, -0.2) is 75.2 Å². The number of rotatable bonds is 10. The number of nitrogens with zero attached hydrogens (tertiary/aromatic N) is 2. The summed E-state index contributed by atoms with van der Waals surface area (Å²) in [4.78, 5) is 27.0. The van der Waals surface area contributed by atoms with Crippen molar-refractivity contribution in [1.82, 2.24) is 9.80 Å². The van der Waals surface area contributed by atoms with Crippen LogP contribution in [0.4, 0.5) is 0 Å². The predicted octanol–water partition coefficient (Wildman–Crippen LogP) is 1.29. The molecule has 0 aromatic heterocycles. The molecule has 1 saturated heterocycles. The van der Waals surface area contributed by atoms with Gasteiger partial charge in [-0.2, -0.15) is 0 Å². The third-order valence-electron chi connectivity index (χ3n) is 4.13. The molecule has 128 valence electrons. The molecule has 22 heavy (non-hydrogen) atoms. The highest BCUT2D eigenvalue weighted by Crippen LogP contribution is 2.07. The summed E-state index contributed by atoms with van der Waals surface area (Å²) in [6.07, 6.45) is 4.95. The van der Waals surface area contributed by atoms with Gasteiger partial charge in [-0.25, -0.2) is 0 Å². The highest BCUT2D eigenvalue weighted by Gasteiger charge is 2.16. The van der Waals surface area contributed by atoms with E-state index < -0.39 is 0 Å². The molecule has 0 saturated carbocycles. The lowest BCUT2D eigenvalue weighted by Gasteiger charge is -2.34. The van der Waals surface area contributed by atoms with E-state index in [0.29, 0.717) is 12.8 Å². The summed E-state index contributed by atoms with van der Waals surface area (Å²) in [5.41, 5.74) is 0. The fraction of sp³-hybridized carbons (Fsp3) is 0.875. The van der Waals surface area contributed by atoms with E-state index in [9.17, 15) is 9.59 Å². The van der Waals surface area contributed by atoms with Gasteiger partial charge in [-0.3, -0.25) is 9.59 Å². The zero-order chi connectivity index (χ0) is 16.2. The van der Waals surface area contributed by atoms with Crippen molar-refractivity contribution in [2.24, 2.45) is 0 Å². The fourth-order valence-corrected chi connectivity index (χ4v) is 2.65. The fourth-order valence-electron chi connectivity index (χ4n) is 2.65. The molecule has 6 heteroatoms. The van der Waals surface area contributed by atoms with Gasteiger partial charge in [-0.05, 0) is 38.8 Å². The molecule has 0 amide bonds. The Balaban J connectivity index is 1.99. The Kier molecular flexibility index (Phi) is 9.82. The molecule has 0 aromatic rings. The molecule has 0 aliphatic carbocycles. The zero-order valence-electron chi connectivity index (χ0n) is 14.0. The van der Waals surface area contributed by atoms with E-state index in [1.165, 1.54) is 14.2 Å². The highest BCUT2D eigenvalue weighted by molar-refractivity contribution is 5.69. The molecule has 1 aliphatic rings. The van der Waals surface area contributed by atoms with E-state index in [4.69, 9.17) is 0 Å². The van der Waals surface area contributed by atoms with E-state index in [1.807, 2.05) is 0 Å². The predicted molar refractivity (Wildman–Crippen MR) is 84.6 cm³/mol. The molecular formula is C16H30N2O4. The van der Waals surface area contributed by atoms with Crippen LogP contribution >= 0.6 is 0 Å². The smallest absolute Gasteiger partial charge is 0.305 e. The van der Waals surface area contributed by atoms with Gasteiger partial charge in [0.05, 0.1) is 14.2 Å². The summed E-state index contributed by atoms with van der Waals surface area (Å²) >= 11 is 0. The number of hydrogen-bond donors (Lipinski definition) is 0. The van der Waals surface area contributed by atoms with Gasteiger partial charge in [0.15, 0.2) is 0 Å². The Morgan fingerprint density at radius 2 is 1.09 bits per heavy atom. The summed E-state index contributed by atoms with van der Waals surface area (Å²) in [5, 5.41) is 0. The van der Waals surface area contributed by atoms with Crippen molar-refractivity contribution in [2.45, 2.75) is 38.5 Å².